The molecule has 0 radical (unpaired) electrons. The third-order valence-corrected chi connectivity index (χ3v) is 3.83. The molecule has 3 rings (SSSR count). The molecule has 3 heterocycles. The molecule has 6 heteroatoms. The second-order valence-electron chi connectivity index (χ2n) is 4.86. The lowest BCUT2D eigenvalue weighted by atomic mass is 9.86. The molecule has 96 valence electrons. The lowest BCUT2D eigenvalue weighted by molar-refractivity contribution is -0.126. The quantitative estimate of drug-likeness (QED) is 0.810. The van der Waals surface area contributed by atoms with E-state index < -0.39 is 0 Å². The average Bonchev–Trinajstić information content (AvgIpc) is 2.99. The van der Waals surface area contributed by atoms with Crippen LogP contribution in [-0.4, -0.2) is 42.6 Å². The number of amides is 1. The van der Waals surface area contributed by atoms with E-state index in [2.05, 4.69) is 20.2 Å². The van der Waals surface area contributed by atoms with Gasteiger partial charge in [0.2, 0.25) is 17.7 Å². The van der Waals surface area contributed by atoms with E-state index in [4.69, 9.17) is 4.74 Å². The fourth-order valence-electron chi connectivity index (χ4n) is 2.75. The van der Waals surface area contributed by atoms with E-state index in [1.165, 1.54) is 0 Å². The minimum atomic E-state index is -0.230. The molecular formula is C12H16N4O2. The molecule has 2 saturated heterocycles. The van der Waals surface area contributed by atoms with Crippen molar-refractivity contribution in [1.29, 1.82) is 0 Å². The van der Waals surface area contributed by atoms with Gasteiger partial charge in [0.25, 0.3) is 0 Å². The van der Waals surface area contributed by atoms with E-state index in [0.717, 1.165) is 25.9 Å². The monoisotopic (exact) mass is 248 g/mol. The van der Waals surface area contributed by atoms with Crippen LogP contribution in [0.25, 0.3) is 0 Å². The Hall–Kier alpha value is -1.85. The number of ether oxygens (including phenoxy) is 1. The maximum atomic E-state index is 11.9. The number of hydrogen-bond acceptors (Lipinski definition) is 5. The largest absolute Gasteiger partial charge is 0.481 e. The first kappa shape index (κ1) is 11.3. The van der Waals surface area contributed by atoms with Gasteiger partial charge in [-0.3, -0.25) is 4.79 Å². The smallest absolute Gasteiger partial charge is 0.228 e. The highest BCUT2D eigenvalue weighted by atomic mass is 16.5. The van der Waals surface area contributed by atoms with Crippen molar-refractivity contribution in [2.45, 2.75) is 12.8 Å². The number of rotatable bonds is 2. The van der Waals surface area contributed by atoms with E-state index in [-0.39, 0.29) is 11.3 Å². The Labute approximate surface area is 105 Å². The van der Waals surface area contributed by atoms with Gasteiger partial charge in [0.05, 0.1) is 12.5 Å². The molecule has 6 nitrogen and oxygen atoms in total. The van der Waals surface area contributed by atoms with Crippen LogP contribution in [0.1, 0.15) is 12.8 Å². The standard InChI is InChI=1S/C12H16N4O2/c1-18-9-2-5-14-11(15-9)16-7-4-12(8-16)3-6-13-10(12)17/h2,5H,3-4,6-8H2,1H3,(H,13,17). The molecule has 1 unspecified atom stereocenters. The molecule has 0 bridgehead atoms. The van der Waals surface area contributed by atoms with E-state index in [9.17, 15) is 4.79 Å². The zero-order valence-electron chi connectivity index (χ0n) is 10.3. The highest BCUT2D eigenvalue weighted by Gasteiger charge is 2.47. The van der Waals surface area contributed by atoms with Gasteiger partial charge in [0.1, 0.15) is 0 Å². The van der Waals surface area contributed by atoms with Gasteiger partial charge in [0.15, 0.2) is 0 Å². The van der Waals surface area contributed by atoms with E-state index >= 15 is 0 Å². The second kappa shape index (κ2) is 4.12. The fourth-order valence-corrected chi connectivity index (χ4v) is 2.75. The summed E-state index contributed by atoms with van der Waals surface area (Å²) in [5, 5.41) is 2.92. The van der Waals surface area contributed by atoms with Crippen molar-refractivity contribution in [3.05, 3.63) is 12.3 Å². The Balaban J connectivity index is 1.81. The van der Waals surface area contributed by atoms with Crippen LogP contribution in [0, 0.1) is 5.41 Å². The summed E-state index contributed by atoms with van der Waals surface area (Å²) in [6.07, 6.45) is 3.46. The van der Waals surface area contributed by atoms with Crippen molar-refractivity contribution in [1.82, 2.24) is 15.3 Å². The predicted molar refractivity (Wildman–Crippen MR) is 65.5 cm³/mol. The zero-order chi connectivity index (χ0) is 12.6. The van der Waals surface area contributed by atoms with Crippen LogP contribution in [0.15, 0.2) is 12.3 Å². The summed E-state index contributed by atoms with van der Waals surface area (Å²) < 4.78 is 5.10. The molecule has 2 aliphatic rings. The summed E-state index contributed by atoms with van der Waals surface area (Å²) >= 11 is 0. The van der Waals surface area contributed by atoms with E-state index in [1.54, 1.807) is 19.4 Å². The minimum absolute atomic E-state index is 0.174. The second-order valence-corrected chi connectivity index (χ2v) is 4.86. The molecule has 2 fully saturated rings. The Kier molecular flexibility index (Phi) is 2.57. The van der Waals surface area contributed by atoms with Gasteiger partial charge >= 0.3 is 0 Å². The van der Waals surface area contributed by atoms with Crippen LogP contribution in [0.4, 0.5) is 5.95 Å². The molecule has 0 saturated carbocycles. The summed E-state index contributed by atoms with van der Waals surface area (Å²) in [6, 6.07) is 1.72. The topological polar surface area (TPSA) is 67.3 Å². The van der Waals surface area contributed by atoms with Crippen molar-refractivity contribution in [2.24, 2.45) is 5.41 Å². The number of aromatic nitrogens is 2. The van der Waals surface area contributed by atoms with E-state index in [0.29, 0.717) is 18.4 Å². The first-order valence-electron chi connectivity index (χ1n) is 6.14. The van der Waals surface area contributed by atoms with Crippen LogP contribution >= 0.6 is 0 Å². The first-order valence-corrected chi connectivity index (χ1v) is 6.14. The van der Waals surface area contributed by atoms with Crippen LogP contribution in [0.2, 0.25) is 0 Å². The van der Waals surface area contributed by atoms with Gasteiger partial charge in [-0.25, -0.2) is 4.98 Å². The minimum Gasteiger partial charge on any atom is -0.481 e. The van der Waals surface area contributed by atoms with Crippen LogP contribution in [-0.2, 0) is 4.79 Å². The molecule has 18 heavy (non-hydrogen) atoms. The normalized spacial score (nSPS) is 26.7. The van der Waals surface area contributed by atoms with Crippen molar-refractivity contribution in [3.8, 4) is 5.88 Å². The Bertz CT molecular complexity index is 479. The van der Waals surface area contributed by atoms with Gasteiger partial charge in [-0.2, -0.15) is 4.98 Å². The molecule has 0 aromatic carbocycles. The fraction of sp³-hybridized carbons (Fsp3) is 0.583. The van der Waals surface area contributed by atoms with E-state index in [1.807, 2.05) is 0 Å². The third kappa shape index (κ3) is 1.68. The van der Waals surface area contributed by atoms with Crippen molar-refractivity contribution >= 4 is 11.9 Å². The number of methoxy groups -OCH3 is 1. The van der Waals surface area contributed by atoms with Crippen LogP contribution in [0.3, 0.4) is 0 Å². The SMILES string of the molecule is COc1ccnc(N2CCC3(CCNC3=O)C2)n1. The summed E-state index contributed by atoms with van der Waals surface area (Å²) in [4.78, 5) is 22.5. The lowest BCUT2D eigenvalue weighted by Crippen LogP contribution is -2.34. The maximum absolute atomic E-state index is 11.9. The van der Waals surface area contributed by atoms with Gasteiger partial charge in [0, 0.05) is 31.9 Å². The zero-order valence-corrected chi connectivity index (χ0v) is 10.3. The molecule has 2 aliphatic heterocycles. The van der Waals surface area contributed by atoms with Gasteiger partial charge in [-0.1, -0.05) is 0 Å². The van der Waals surface area contributed by atoms with Gasteiger partial charge in [-0.05, 0) is 12.8 Å². The number of hydrogen-bond donors (Lipinski definition) is 1. The lowest BCUT2D eigenvalue weighted by Gasteiger charge is -2.21. The van der Waals surface area contributed by atoms with Crippen molar-refractivity contribution in [3.63, 3.8) is 0 Å². The molecule has 1 N–H and O–H groups in total. The summed E-state index contributed by atoms with van der Waals surface area (Å²) in [5.41, 5.74) is -0.230. The van der Waals surface area contributed by atoms with Gasteiger partial charge < -0.3 is 15.0 Å². The summed E-state index contributed by atoms with van der Waals surface area (Å²) in [7, 11) is 1.59. The number of nitrogens with zero attached hydrogens (tertiary/aromatic N) is 3. The Morgan fingerprint density at radius 1 is 1.50 bits per heavy atom. The van der Waals surface area contributed by atoms with Crippen LogP contribution < -0.4 is 15.0 Å². The molecule has 1 atom stereocenters. The highest BCUT2D eigenvalue weighted by molar-refractivity contribution is 5.86. The first-order chi connectivity index (χ1) is 8.73. The Morgan fingerprint density at radius 2 is 2.39 bits per heavy atom. The molecule has 1 spiro atoms. The highest BCUT2D eigenvalue weighted by Crippen LogP contribution is 2.38. The average molecular weight is 248 g/mol. The number of nitrogens with one attached hydrogen (secondary N) is 1. The molecule has 1 amide bonds. The maximum Gasteiger partial charge on any atom is 0.228 e. The summed E-state index contributed by atoms with van der Waals surface area (Å²) in [6.45, 7) is 2.30. The number of carbonyl (C=O) groups excluding carboxylic acids is 1. The molecule has 1 aromatic rings. The van der Waals surface area contributed by atoms with Crippen molar-refractivity contribution in [2.75, 3.05) is 31.6 Å². The molecule has 0 aliphatic carbocycles. The summed E-state index contributed by atoms with van der Waals surface area (Å²) in [5.74, 6) is 1.37. The van der Waals surface area contributed by atoms with Gasteiger partial charge in [-0.15, -0.1) is 0 Å². The van der Waals surface area contributed by atoms with Crippen molar-refractivity contribution < 1.29 is 9.53 Å². The third-order valence-electron chi connectivity index (χ3n) is 3.83. The molecule has 1 aromatic heterocycles. The molecular weight excluding hydrogens is 232 g/mol. The number of carbonyl (C=O) groups is 1. The van der Waals surface area contributed by atoms with Crippen LogP contribution in [0.5, 0.6) is 5.88 Å². The Morgan fingerprint density at radius 3 is 3.11 bits per heavy atom. The predicted octanol–water partition coefficient (Wildman–Crippen LogP) is 0.202. The number of anilines is 1.